The molecule has 1 atom stereocenters. The van der Waals surface area contributed by atoms with Crippen LogP contribution in [0.1, 0.15) is 32.7 Å². The van der Waals surface area contributed by atoms with Gasteiger partial charge in [-0.05, 0) is 54.1 Å². The maximum Gasteiger partial charge on any atom is 0.275 e. The number of nitrogens with zero attached hydrogens (tertiary/aromatic N) is 2. The molecular weight excluding hydrogens is 392 g/mol. The first-order chi connectivity index (χ1) is 15.2. The molecule has 0 bridgehead atoms. The van der Waals surface area contributed by atoms with Gasteiger partial charge < -0.3 is 4.74 Å². The molecule has 0 spiro atoms. The van der Waals surface area contributed by atoms with Crippen LogP contribution < -0.4 is 15.6 Å². The summed E-state index contributed by atoms with van der Waals surface area (Å²) in [7, 11) is 1.61. The van der Waals surface area contributed by atoms with Crippen molar-refractivity contribution in [3.05, 3.63) is 102 Å². The summed E-state index contributed by atoms with van der Waals surface area (Å²) in [5, 5.41) is 5.94. The Morgan fingerprint density at radius 2 is 1.52 bits per heavy atom. The summed E-state index contributed by atoms with van der Waals surface area (Å²) < 4.78 is 5.21. The largest absolute Gasteiger partial charge is 0.497 e. The molecule has 7 heteroatoms. The van der Waals surface area contributed by atoms with E-state index in [4.69, 9.17) is 4.74 Å². The van der Waals surface area contributed by atoms with Crippen LogP contribution in [0.4, 0.5) is 0 Å². The molecule has 1 heterocycles. The van der Waals surface area contributed by atoms with E-state index in [9.17, 15) is 9.59 Å². The number of rotatable bonds is 6. The van der Waals surface area contributed by atoms with Gasteiger partial charge in [0.15, 0.2) is 0 Å². The van der Waals surface area contributed by atoms with Crippen LogP contribution in [0.5, 0.6) is 5.75 Å². The molecule has 1 aliphatic heterocycles. The van der Waals surface area contributed by atoms with E-state index in [2.05, 4.69) is 16.0 Å². The van der Waals surface area contributed by atoms with Gasteiger partial charge in [-0.15, -0.1) is 0 Å². The van der Waals surface area contributed by atoms with Crippen molar-refractivity contribution in [1.29, 1.82) is 0 Å². The fourth-order valence-corrected chi connectivity index (χ4v) is 3.29. The van der Waals surface area contributed by atoms with Crippen molar-refractivity contribution in [2.45, 2.75) is 12.6 Å². The smallest absolute Gasteiger partial charge is 0.275 e. The van der Waals surface area contributed by atoms with Crippen LogP contribution in [-0.4, -0.2) is 35.8 Å². The van der Waals surface area contributed by atoms with Gasteiger partial charge in [-0.25, -0.2) is 10.4 Å². The normalized spacial score (nSPS) is 15.3. The Balaban J connectivity index is 1.55. The summed E-state index contributed by atoms with van der Waals surface area (Å²) >= 11 is 0. The zero-order valence-electron chi connectivity index (χ0n) is 17.0. The summed E-state index contributed by atoms with van der Waals surface area (Å²) in [6.45, 7) is 0. The molecule has 7 nitrogen and oxygen atoms in total. The zero-order valence-corrected chi connectivity index (χ0v) is 17.0. The van der Waals surface area contributed by atoms with E-state index >= 15 is 0 Å². The van der Waals surface area contributed by atoms with Crippen molar-refractivity contribution < 1.29 is 14.3 Å². The molecule has 4 rings (SSSR count). The number of nitrogens with one attached hydrogen (secondary N) is 2. The van der Waals surface area contributed by atoms with E-state index in [1.165, 1.54) is 5.01 Å². The molecule has 0 fully saturated rings. The number of hydrazone groups is 1. The SMILES string of the molecule is COc1ccc(C2=NN(C(=O)c3ccccc3)[C@@H](NNC(=O)c3ccccc3)C2)cc1. The topological polar surface area (TPSA) is 83.0 Å². The Morgan fingerprint density at radius 1 is 0.903 bits per heavy atom. The number of hydrogen-bond acceptors (Lipinski definition) is 5. The highest BCUT2D eigenvalue weighted by atomic mass is 16.5. The van der Waals surface area contributed by atoms with E-state index in [-0.39, 0.29) is 11.8 Å². The minimum absolute atomic E-state index is 0.254. The standard InChI is InChI=1S/C24H22N4O3/c1-31-20-14-12-17(13-15-20)21-16-22(25-26-23(29)18-8-4-2-5-9-18)28(27-21)24(30)19-10-6-3-7-11-19/h2-15,22,25H,16H2,1H3,(H,26,29)/t22-/m1/s1. The second-order valence-corrected chi connectivity index (χ2v) is 6.98. The second-order valence-electron chi connectivity index (χ2n) is 6.98. The summed E-state index contributed by atoms with van der Waals surface area (Å²) in [5.41, 5.74) is 8.31. The number of ether oxygens (including phenoxy) is 1. The summed E-state index contributed by atoms with van der Waals surface area (Å²) in [6, 6.07) is 25.3. The number of methoxy groups -OCH3 is 1. The van der Waals surface area contributed by atoms with E-state index in [0.29, 0.717) is 17.5 Å². The van der Waals surface area contributed by atoms with Gasteiger partial charge in [-0.1, -0.05) is 36.4 Å². The molecule has 0 saturated heterocycles. The Kier molecular flexibility index (Phi) is 6.05. The first kappa shape index (κ1) is 20.3. The van der Waals surface area contributed by atoms with Crippen LogP contribution in [0.25, 0.3) is 0 Å². The van der Waals surface area contributed by atoms with E-state index in [0.717, 1.165) is 17.0 Å². The molecule has 0 aromatic heterocycles. The van der Waals surface area contributed by atoms with Gasteiger partial charge in [0.25, 0.3) is 11.8 Å². The average molecular weight is 414 g/mol. The second kappa shape index (κ2) is 9.23. The first-order valence-corrected chi connectivity index (χ1v) is 9.87. The number of carbonyl (C=O) groups is 2. The highest BCUT2D eigenvalue weighted by Crippen LogP contribution is 2.22. The lowest BCUT2D eigenvalue weighted by Gasteiger charge is -2.23. The zero-order chi connectivity index (χ0) is 21.6. The van der Waals surface area contributed by atoms with Crippen LogP contribution in [0.15, 0.2) is 90.0 Å². The minimum atomic E-state index is -0.530. The third-order valence-corrected chi connectivity index (χ3v) is 4.95. The van der Waals surface area contributed by atoms with Crippen LogP contribution in [0.3, 0.4) is 0 Å². The molecule has 0 aliphatic carbocycles. The van der Waals surface area contributed by atoms with Crippen molar-refractivity contribution in [2.24, 2.45) is 5.10 Å². The van der Waals surface area contributed by atoms with Crippen molar-refractivity contribution >= 4 is 17.5 Å². The molecule has 0 radical (unpaired) electrons. The lowest BCUT2D eigenvalue weighted by atomic mass is 10.1. The third kappa shape index (κ3) is 4.62. The Labute approximate surface area is 180 Å². The maximum atomic E-state index is 13.1. The molecule has 1 aliphatic rings. The maximum absolute atomic E-state index is 13.1. The van der Waals surface area contributed by atoms with Gasteiger partial charge in [0.05, 0.1) is 12.8 Å². The number of benzene rings is 3. The van der Waals surface area contributed by atoms with Crippen molar-refractivity contribution in [1.82, 2.24) is 15.9 Å². The van der Waals surface area contributed by atoms with Gasteiger partial charge in [0, 0.05) is 17.5 Å². The molecule has 0 saturated carbocycles. The van der Waals surface area contributed by atoms with E-state index < -0.39 is 6.17 Å². The van der Waals surface area contributed by atoms with Crippen LogP contribution in [0.2, 0.25) is 0 Å². The predicted octanol–water partition coefficient (Wildman–Crippen LogP) is 3.21. The van der Waals surface area contributed by atoms with Gasteiger partial charge in [0.2, 0.25) is 0 Å². The van der Waals surface area contributed by atoms with E-state index in [1.54, 1.807) is 55.6 Å². The van der Waals surface area contributed by atoms with Crippen molar-refractivity contribution in [2.75, 3.05) is 7.11 Å². The highest BCUT2D eigenvalue weighted by Gasteiger charge is 2.32. The van der Waals surface area contributed by atoms with Crippen LogP contribution in [0, 0.1) is 0 Å². The molecule has 2 amide bonds. The van der Waals surface area contributed by atoms with E-state index in [1.807, 2.05) is 36.4 Å². The Morgan fingerprint density at radius 3 is 2.13 bits per heavy atom. The number of hydrazine groups is 1. The van der Waals surface area contributed by atoms with Crippen LogP contribution >= 0.6 is 0 Å². The lowest BCUT2D eigenvalue weighted by molar-refractivity contribution is 0.0646. The van der Waals surface area contributed by atoms with Gasteiger partial charge in [-0.2, -0.15) is 5.10 Å². The Hall–Kier alpha value is -3.97. The summed E-state index contributed by atoms with van der Waals surface area (Å²) in [5.74, 6) is 0.200. The quantitative estimate of drug-likeness (QED) is 0.607. The molecule has 3 aromatic carbocycles. The highest BCUT2D eigenvalue weighted by molar-refractivity contribution is 6.05. The monoisotopic (exact) mass is 414 g/mol. The third-order valence-electron chi connectivity index (χ3n) is 4.95. The Bertz CT molecular complexity index is 1080. The van der Waals surface area contributed by atoms with Crippen molar-refractivity contribution in [3.8, 4) is 5.75 Å². The number of hydrogen-bond donors (Lipinski definition) is 2. The van der Waals surface area contributed by atoms with Gasteiger partial charge in [0.1, 0.15) is 11.9 Å². The fraction of sp³-hybridized carbons (Fsp3) is 0.125. The summed E-state index contributed by atoms with van der Waals surface area (Å²) in [6.07, 6.45) is -0.0996. The molecule has 31 heavy (non-hydrogen) atoms. The molecule has 0 unspecified atom stereocenters. The van der Waals surface area contributed by atoms with Gasteiger partial charge in [-0.3, -0.25) is 15.0 Å². The number of carbonyl (C=O) groups excluding carboxylic acids is 2. The van der Waals surface area contributed by atoms with Crippen molar-refractivity contribution in [3.63, 3.8) is 0 Å². The average Bonchev–Trinajstić information content (AvgIpc) is 3.27. The minimum Gasteiger partial charge on any atom is -0.497 e. The molecule has 2 N–H and O–H groups in total. The predicted molar refractivity (Wildman–Crippen MR) is 118 cm³/mol. The molecule has 156 valence electrons. The lowest BCUT2D eigenvalue weighted by Crippen LogP contribution is -2.51. The van der Waals surface area contributed by atoms with Crippen LogP contribution in [-0.2, 0) is 0 Å². The fourth-order valence-electron chi connectivity index (χ4n) is 3.29. The first-order valence-electron chi connectivity index (χ1n) is 9.87. The molecule has 3 aromatic rings. The summed E-state index contributed by atoms with van der Waals surface area (Å²) in [4.78, 5) is 25.5. The molecular formula is C24H22N4O3. The number of amides is 2. The van der Waals surface area contributed by atoms with Gasteiger partial charge >= 0.3 is 0 Å².